The summed E-state index contributed by atoms with van der Waals surface area (Å²) in [5.74, 6) is 0.0159. The van der Waals surface area contributed by atoms with Crippen molar-refractivity contribution in [1.82, 2.24) is 24.8 Å². The summed E-state index contributed by atoms with van der Waals surface area (Å²) in [7, 11) is 0. The summed E-state index contributed by atoms with van der Waals surface area (Å²) in [6.45, 7) is 6.03. The van der Waals surface area contributed by atoms with Gasteiger partial charge in [-0.05, 0) is 63.9 Å². The second-order valence-electron chi connectivity index (χ2n) is 12.0. The molecule has 238 valence electrons. The zero-order valence-corrected chi connectivity index (χ0v) is 27.1. The Morgan fingerprint density at radius 2 is 1.93 bits per heavy atom. The van der Waals surface area contributed by atoms with Gasteiger partial charge in [0, 0.05) is 43.3 Å². The van der Waals surface area contributed by atoms with Crippen LogP contribution in [0, 0.1) is 18.8 Å². The molecular formula is C31H42N6O5S2. The van der Waals surface area contributed by atoms with Gasteiger partial charge in [0.05, 0.1) is 26.7 Å². The first-order valence-electron chi connectivity index (χ1n) is 15.7. The molecule has 1 aliphatic heterocycles. The summed E-state index contributed by atoms with van der Waals surface area (Å²) >= 11 is 2.74. The molecule has 1 atom stereocenters. The molecule has 3 amide bonds. The number of nitrogen functional groups attached to an aromatic ring is 1. The molecule has 1 saturated carbocycles. The van der Waals surface area contributed by atoms with E-state index in [-0.39, 0.29) is 41.7 Å². The summed E-state index contributed by atoms with van der Waals surface area (Å²) in [5, 5.41) is 11.4. The van der Waals surface area contributed by atoms with Gasteiger partial charge in [0.2, 0.25) is 17.7 Å². The highest BCUT2D eigenvalue weighted by Crippen LogP contribution is 2.35. The molecule has 1 unspecified atom stereocenters. The number of nitrogens with two attached hydrogens (primary N) is 1. The Labute approximate surface area is 265 Å². The molecular weight excluding hydrogens is 601 g/mol. The van der Waals surface area contributed by atoms with Crippen LogP contribution < -0.4 is 11.1 Å². The Hall–Kier alpha value is -3.19. The SMILES string of the molecule is CCCCc1nc2c(N)nc3cc(C)sc3c2n1CCCCNC(=O)C1CCC(CN2C(=O)CC(SCC(=O)O)C2=O)CC1. The third kappa shape index (κ3) is 7.20. The van der Waals surface area contributed by atoms with E-state index in [0.717, 1.165) is 103 Å². The van der Waals surface area contributed by atoms with E-state index in [1.165, 1.54) is 9.78 Å². The number of nitrogens with one attached hydrogen (secondary N) is 1. The minimum atomic E-state index is -0.994. The maximum absolute atomic E-state index is 12.9. The van der Waals surface area contributed by atoms with Gasteiger partial charge in [-0.25, -0.2) is 9.97 Å². The highest BCUT2D eigenvalue weighted by molar-refractivity contribution is 8.01. The molecule has 3 aromatic heterocycles. The lowest BCUT2D eigenvalue weighted by Gasteiger charge is -2.30. The molecule has 4 N–H and O–H groups in total. The molecule has 0 spiro atoms. The van der Waals surface area contributed by atoms with Crippen molar-refractivity contribution in [3.05, 3.63) is 16.8 Å². The second-order valence-corrected chi connectivity index (χ2v) is 14.5. The number of carbonyl (C=O) groups excluding carboxylic acids is 3. The molecule has 0 aromatic carbocycles. The Bertz CT molecular complexity index is 1540. The third-order valence-corrected chi connectivity index (χ3v) is 10.9. The number of pyridine rings is 1. The zero-order chi connectivity index (χ0) is 31.4. The smallest absolute Gasteiger partial charge is 0.313 e. The molecule has 3 aromatic rings. The number of imidazole rings is 1. The molecule has 2 fully saturated rings. The number of thioether (sulfide) groups is 1. The van der Waals surface area contributed by atoms with Gasteiger partial charge < -0.3 is 20.7 Å². The van der Waals surface area contributed by atoms with Crippen LogP contribution in [0.1, 0.15) is 75.4 Å². The van der Waals surface area contributed by atoms with Crippen LogP contribution in [0.4, 0.5) is 5.82 Å². The lowest BCUT2D eigenvalue weighted by atomic mass is 9.81. The largest absolute Gasteiger partial charge is 0.481 e. The van der Waals surface area contributed by atoms with E-state index in [1.807, 2.05) is 0 Å². The number of nitrogens with zero attached hydrogens (tertiary/aromatic N) is 4. The van der Waals surface area contributed by atoms with Crippen LogP contribution in [0.15, 0.2) is 6.07 Å². The van der Waals surface area contributed by atoms with Gasteiger partial charge in [-0.2, -0.15) is 0 Å². The van der Waals surface area contributed by atoms with E-state index in [1.54, 1.807) is 11.3 Å². The van der Waals surface area contributed by atoms with Crippen LogP contribution in [0.5, 0.6) is 0 Å². The molecule has 0 bridgehead atoms. The number of thiophene rings is 1. The van der Waals surface area contributed by atoms with E-state index in [9.17, 15) is 19.2 Å². The first-order chi connectivity index (χ1) is 21.2. The van der Waals surface area contributed by atoms with Gasteiger partial charge in [-0.3, -0.25) is 24.1 Å². The number of fused-ring (bicyclic) bond motifs is 3. The van der Waals surface area contributed by atoms with Crippen LogP contribution in [-0.4, -0.2) is 72.3 Å². The molecule has 11 nitrogen and oxygen atoms in total. The van der Waals surface area contributed by atoms with E-state index < -0.39 is 11.2 Å². The number of rotatable bonds is 14. The summed E-state index contributed by atoms with van der Waals surface area (Å²) in [5.41, 5.74) is 9.10. The third-order valence-electron chi connectivity index (χ3n) is 8.71. The fourth-order valence-electron chi connectivity index (χ4n) is 6.37. The van der Waals surface area contributed by atoms with Crippen LogP contribution in [0.25, 0.3) is 21.3 Å². The predicted molar refractivity (Wildman–Crippen MR) is 174 cm³/mol. The fourth-order valence-corrected chi connectivity index (χ4v) is 8.25. The van der Waals surface area contributed by atoms with Crippen molar-refractivity contribution in [2.24, 2.45) is 11.8 Å². The maximum Gasteiger partial charge on any atom is 0.313 e. The van der Waals surface area contributed by atoms with Crippen LogP contribution in [-0.2, 0) is 32.1 Å². The quantitative estimate of drug-likeness (QED) is 0.170. The zero-order valence-electron chi connectivity index (χ0n) is 25.5. The van der Waals surface area contributed by atoms with Gasteiger partial charge in [0.1, 0.15) is 11.3 Å². The highest BCUT2D eigenvalue weighted by Gasteiger charge is 2.40. The summed E-state index contributed by atoms with van der Waals surface area (Å²) in [6.07, 6.45) is 7.87. The Morgan fingerprint density at radius 3 is 2.66 bits per heavy atom. The number of hydrogen-bond donors (Lipinski definition) is 3. The first-order valence-corrected chi connectivity index (χ1v) is 17.5. The molecule has 0 radical (unpaired) electrons. The fraction of sp³-hybridized carbons (Fsp3) is 0.613. The summed E-state index contributed by atoms with van der Waals surface area (Å²) in [4.78, 5) is 60.8. The number of likely N-dealkylation sites (tertiary alicyclic amines) is 1. The van der Waals surface area contributed by atoms with Gasteiger partial charge in [0.25, 0.3) is 0 Å². The van der Waals surface area contributed by atoms with Gasteiger partial charge in [-0.1, -0.05) is 13.3 Å². The monoisotopic (exact) mass is 642 g/mol. The predicted octanol–water partition coefficient (Wildman–Crippen LogP) is 4.53. The maximum atomic E-state index is 12.9. The number of aryl methyl sites for hydroxylation is 3. The number of anilines is 1. The average Bonchev–Trinajstić information content (AvgIpc) is 3.63. The topological polar surface area (TPSA) is 161 Å². The Kier molecular flexibility index (Phi) is 10.5. The molecule has 44 heavy (non-hydrogen) atoms. The molecule has 13 heteroatoms. The molecule has 4 heterocycles. The number of carbonyl (C=O) groups is 4. The first kappa shape index (κ1) is 32.2. The molecule has 5 rings (SSSR count). The van der Waals surface area contributed by atoms with Crippen molar-refractivity contribution in [3.8, 4) is 0 Å². The lowest BCUT2D eigenvalue weighted by Crippen LogP contribution is -2.39. The second kappa shape index (κ2) is 14.3. The summed E-state index contributed by atoms with van der Waals surface area (Å²) in [6, 6.07) is 2.08. The van der Waals surface area contributed by atoms with Crippen LogP contribution in [0.2, 0.25) is 0 Å². The number of carboxylic acids is 1. The minimum Gasteiger partial charge on any atom is -0.481 e. The van der Waals surface area contributed by atoms with Crippen molar-refractivity contribution in [1.29, 1.82) is 0 Å². The lowest BCUT2D eigenvalue weighted by molar-refractivity contribution is -0.139. The molecule has 1 saturated heterocycles. The van der Waals surface area contributed by atoms with Crippen LogP contribution >= 0.6 is 23.1 Å². The van der Waals surface area contributed by atoms with Crippen molar-refractivity contribution >= 4 is 73.9 Å². The minimum absolute atomic E-state index is 0.0563. The van der Waals surface area contributed by atoms with Gasteiger partial charge in [0.15, 0.2) is 5.82 Å². The molecule has 1 aliphatic carbocycles. The Morgan fingerprint density at radius 1 is 1.16 bits per heavy atom. The normalized spacial score (nSPS) is 20.7. The number of unbranched alkanes of at least 4 members (excludes halogenated alkanes) is 2. The number of aliphatic carboxylic acids is 1. The standard InChI is InChI=1S/C31H42N6O5S2/c1-3-4-7-23-35-26-27(28-21(34-29(26)32)14-18(2)44-28)36(23)13-6-5-12-33-30(41)20-10-8-19(9-11-20)16-37-24(38)15-22(31(37)42)43-17-25(39)40/h14,19-20,22H,3-13,15-17H2,1-2H3,(H2,32,34)(H,33,41)(H,39,40). The van der Waals surface area contributed by atoms with Crippen molar-refractivity contribution in [3.63, 3.8) is 0 Å². The van der Waals surface area contributed by atoms with Crippen LogP contribution in [0.3, 0.4) is 0 Å². The number of carboxylic acid groups (broad SMARTS) is 1. The average molecular weight is 643 g/mol. The number of hydrogen-bond acceptors (Lipinski definition) is 9. The van der Waals surface area contributed by atoms with Crippen molar-refractivity contribution in [2.75, 3.05) is 24.6 Å². The number of aromatic nitrogens is 3. The van der Waals surface area contributed by atoms with E-state index >= 15 is 0 Å². The van der Waals surface area contributed by atoms with Gasteiger partial charge in [-0.15, -0.1) is 23.1 Å². The highest BCUT2D eigenvalue weighted by atomic mass is 32.2. The van der Waals surface area contributed by atoms with Crippen molar-refractivity contribution < 1.29 is 24.3 Å². The van der Waals surface area contributed by atoms with E-state index in [2.05, 4.69) is 34.8 Å². The van der Waals surface area contributed by atoms with Gasteiger partial charge >= 0.3 is 5.97 Å². The van der Waals surface area contributed by atoms with E-state index in [0.29, 0.717) is 18.9 Å². The number of imide groups is 1. The summed E-state index contributed by atoms with van der Waals surface area (Å²) < 4.78 is 3.44. The number of amides is 3. The Balaban J connectivity index is 1.09. The van der Waals surface area contributed by atoms with Crippen molar-refractivity contribution in [2.45, 2.75) is 89.9 Å². The van der Waals surface area contributed by atoms with E-state index in [4.69, 9.17) is 15.8 Å². The molecule has 2 aliphatic rings.